The van der Waals surface area contributed by atoms with E-state index in [1.54, 1.807) is 12.1 Å². The van der Waals surface area contributed by atoms with Crippen LogP contribution < -0.4 is 5.19 Å². The molecule has 0 unspecified atom stereocenters. The van der Waals surface area contributed by atoms with E-state index in [1.165, 1.54) is 14.2 Å². The minimum absolute atomic E-state index is 0.752. The van der Waals surface area contributed by atoms with Gasteiger partial charge in [-0.3, -0.25) is 0 Å². The monoisotopic (exact) mass is 216 g/mol. The van der Waals surface area contributed by atoms with E-state index >= 15 is 0 Å². The van der Waals surface area contributed by atoms with E-state index in [-0.39, 0.29) is 0 Å². The Labute approximate surface area is 83.8 Å². The van der Waals surface area contributed by atoms with Crippen LogP contribution in [0.15, 0.2) is 30.3 Å². The van der Waals surface area contributed by atoms with Crippen molar-refractivity contribution in [3.8, 4) is 0 Å². The van der Waals surface area contributed by atoms with Crippen molar-refractivity contribution in [3.05, 3.63) is 30.3 Å². The fraction of sp³-hybridized carbons (Fsp3) is 0.333. The molecule has 0 saturated carbocycles. The summed E-state index contributed by atoms with van der Waals surface area (Å²) in [5.74, 6) is 0. The highest BCUT2D eigenvalue weighted by atomic mass is 28.4. The number of hydrogen-bond acceptors (Lipinski definition) is 3. The molecule has 0 amide bonds. The predicted molar refractivity (Wildman–Crippen MR) is 52.9 cm³/mol. The van der Waals surface area contributed by atoms with Gasteiger partial charge in [-0.05, 0) is 0 Å². The highest BCUT2D eigenvalue weighted by Gasteiger charge is 2.41. The van der Waals surface area contributed by atoms with Crippen LogP contribution in [0.2, 0.25) is 0 Å². The molecule has 5 heteroatoms. The van der Waals surface area contributed by atoms with Gasteiger partial charge >= 0.3 is 8.80 Å². The highest BCUT2D eigenvalue weighted by Crippen LogP contribution is 2.07. The van der Waals surface area contributed by atoms with Gasteiger partial charge in [-0.1, -0.05) is 30.3 Å². The van der Waals surface area contributed by atoms with Crippen molar-refractivity contribution >= 4 is 14.0 Å². The Balaban J connectivity index is 2.98. The maximum atomic E-state index is 12.2. The number of alkyl halides is 1. The SMILES string of the molecule is CO[Si](OC)(OCF)c1ccccc1. The summed E-state index contributed by atoms with van der Waals surface area (Å²) in [5, 5.41) is 0.752. The second kappa shape index (κ2) is 5.21. The lowest BCUT2D eigenvalue weighted by atomic mass is 10.4. The van der Waals surface area contributed by atoms with Crippen LogP contribution in [0, 0.1) is 0 Å². The zero-order chi connectivity index (χ0) is 10.4. The molecule has 3 nitrogen and oxygen atoms in total. The van der Waals surface area contributed by atoms with Crippen LogP contribution in [-0.2, 0) is 13.3 Å². The summed E-state index contributed by atoms with van der Waals surface area (Å²) in [5.41, 5.74) is 0. The molecule has 1 aromatic rings. The fourth-order valence-corrected chi connectivity index (χ4v) is 3.02. The van der Waals surface area contributed by atoms with E-state index < -0.39 is 15.7 Å². The molecule has 0 atom stereocenters. The van der Waals surface area contributed by atoms with E-state index in [0.29, 0.717) is 0 Å². The summed E-state index contributed by atoms with van der Waals surface area (Å²) >= 11 is 0. The van der Waals surface area contributed by atoms with E-state index in [2.05, 4.69) is 0 Å². The minimum Gasteiger partial charge on any atom is -0.373 e. The number of rotatable bonds is 5. The standard InChI is InChI=1S/C9H13FO3Si/c1-11-14(12-2,13-8-10)9-6-4-3-5-7-9/h3-7H,8H2,1-2H3. The molecule has 0 fully saturated rings. The van der Waals surface area contributed by atoms with Crippen molar-refractivity contribution in [2.24, 2.45) is 0 Å². The zero-order valence-corrected chi connectivity index (χ0v) is 9.20. The van der Waals surface area contributed by atoms with Crippen LogP contribution in [0.1, 0.15) is 0 Å². The molecule has 0 aliphatic carbocycles. The summed E-state index contributed by atoms with van der Waals surface area (Å²) in [6.45, 7) is -0.914. The molecule has 14 heavy (non-hydrogen) atoms. The fourth-order valence-electron chi connectivity index (χ4n) is 1.23. The van der Waals surface area contributed by atoms with Gasteiger partial charge in [0.25, 0.3) is 0 Å². The van der Waals surface area contributed by atoms with Gasteiger partial charge in [0.05, 0.1) is 0 Å². The second-order valence-electron chi connectivity index (χ2n) is 2.58. The Hall–Kier alpha value is -0.753. The summed E-state index contributed by atoms with van der Waals surface area (Å²) in [6, 6.07) is 9.13. The zero-order valence-electron chi connectivity index (χ0n) is 8.20. The average molecular weight is 216 g/mol. The van der Waals surface area contributed by atoms with Crippen LogP contribution in [0.5, 0.6) is 0 Å². The Morgan fingerprint density at radius 2 is 1.71 bits per heavy atom. The van der Waals surface area contributed by atoms with Gasteiger partial charge in [-0.2, -0.15) is 0 Å². The molecular weight excluding hydrogens is 203 g/mol. The summed E-state index contributed by atoms with van der Waals surface area (Å²) in [4.78, 5) is 0. The van der Waals surface area contributed by atoms with E-state index in [0.717, 1.165) is 5.19 Å². The van der Waals surface area contributed by atoms with Crippen molar-refractivity contribution < 1.29 is 17.7 Å². The molecule has 0 aromatic heterocycles. The number of halogens is 1. The van der Waals surface area contributed by atoms with Crippen LogP contribution >= 0.6 is 0 Å². The molecule has 0 aliphatic heterocycles. The smallest absolute Gasteiger partial charge is 0.373 e. The van der Waals surface area contributed by atoms with Gasteiger partial charge in [0.1, 0.15) is 0 Å². The lowest BCUT2D eigenvalue weighted by Crippen LogP contribution is -2.55. The van der Waals surface area contributed by atoms with Gasteiger partial charge in [-0.15, -0.1) is 0 Å². The Bertz CT molecular complexity index is 264. The molecule has 0 spiro atoms. The molecular formula is C9H13FO3Si. The minimum atomic E-state index is -2.99. The first-order valence-corrected chi connectivity index (χ1v) is 5.87. The molecule has 0 heterocycles. The maximum absolute atomic E-state index is 12.2. The first-order chi connectivity index (χ1) is 6.79. The quantitative estimate of drug-likeness (QED) is 0.689. The van der Waals surface area contributed by atoms with Gasteiger partial charge < -0.3 is 13.3 Å². The van der Waals surface area contributed by atoms with Crippen molar-refractivity contribution in [2.75, 3.05) is 21.1 Å². The first-order valence-electron chi connectivity index (χ1n) is 4.15. The molecule has 1 rings (SSSR count). The maximum Gasteiger partial charge on any atom is 0.538 e. The second-order valence-corrected chi connectivity index (χ2v) is 5.38. The lowest BCUT2D eigenvalue weighted by Gasteiger charge is -2.24. The third kappa shape index (κ3) is 2.19. The predicted octanol–water partition coefficient (Wildman–Crippen LogP) is 1.07. The lowest BCUT2D eigenvalue weighted by molar-refractivity contribution is 0.0701. The molecule has 78 valence electrons. The topological polar surface area (TPSA) is 27.7 Å². The molecule has 0 radical (unpaired) electrons. The van der Waals surface area contributed by atoms with Crippen molar-refractivity contribution in [2.45, 2.75) is 0 Å². The first kappa shape index (κ1) is 11.3. The molecule has 0 saturated heterocycles. The highest BCUT2D eigenvalue weighted by molar-refractivity contribution is 6.75. The Morgan fingerprint density at radius 3 is 2.14 bits per heavy atom. The van der Waals surface area contributed by atoms with Gasteiger partial charge in [0.2, 0.25) is 0 Å². The molecule has 1 aromatic carbocycles. The Kier molecular flexibility index (Phi) is 4.21. The molecule has 0 bridgehead atoms. The van der Waals surface area contributed by atoms with Crippen molar-refractivity contribution in [3.63, 3.8) is 0 Å². The summed E-state index contributed by atoms with van der Waals surface area (Å²) in [7, 11) is -0.0811. The summed E-state index contributed by atoms with van der Waals surface area (Å²) < 4.78 is 27.5. The third-order valence-corrected chi connectivity index (χ3v) is 4.51. The molecule has 0 aliphatic rings. The van der Waals surface area contributed by atoms with Gasteiger partial charge in [-0.25, -0.2) is 4.39 Å². The van der Waals surface area contributed by atoms with Crippen molar-refractivity contribution in [1.29, 1.82) is 0 Å². The number of benzene rings is 1. The largest absolute Gasteiger partial charge is 0.538 e. The summed E-state index contributed by atoms with van der Waals surface area (Å²) in [6.07, 6.45) is 0. The van der Waals surface area contributed by atoms with E-state index in [1.807, 2.05) is 18.2 Å². The van der Waals surface area contributed by atoms with Crippen molar-refractivity contribution in [1.82, 2.24) is 0 Å². The Morgan fingerprint density at radius 1 is 1.14 bits per heavy atom. The number of hydrogen-bond donors (Lipinski definition) is 0. The van der Waals surface area contributed by atoms with Gasteiger partial charge in [0.15, 0.2) is 6.86 Å². The van der Waals surface area contributed by atoms with Gasteiger partial charge in [0, 0.05) is 19.4 Å². The van der Waals surface area contributed by atoms with Crippen LogP contribution in [-0.4, -0.2) is 29.9 Å². The van der Waals surface area contributed by atoms with Crippen LogP contribution in [0.25, 0.3) is 0 Å². The molecule has 0 N–H and O–H groups in total. The average Bonchev–Trinajstić information content (AvgIpc) is 2.27. The normalized spacial score (nSPS) is 11.6. The van der Waals surface area contributed by atoms with E-state index in [4.69, 9.17) is 13.3 Å². The van der Waals surface area contributed by atoms with E-state index in [9.17, 15) is 4.39 Å². The van der Waals surface area contributed by atoms with Crippen LogP contribution in [0.3, 0.4) is 0 Å². The third-order valence-electron chi connectivity index (χ3n) is 1.91. The van der Waals surface area contributed by atoms with Crippen LogP contribution in [0.4, 0.5) is 4.39 Å².